The molecule has 4 rings (SSSR count). The van der Waals surface area contributed by atoms with Crippen molar-refractivity contribution in [2.45, 2.75) is 18.5 Å². The average molecular weight is 397 g/mol. The molecule has 1 saturated heterocycles. The zero-order chi connectivity index (χ0) is 20.5. The van der Waals surface area contributed by atoms with E-state index in [-0.39, 0.29) is 6.04 Å². The number of hydrogen-bond donors (Lipinski definition) is 1. The molecule has 6 nitrogen and oxygen atoms in total. The molecule has 0 radical (unpaired) electrons. The maximum atomic E-state index is 11.9. The highest BCUT2D eigenvalue weighted by Crippen LogP contribution is 2.27. The maximum absolute atomic E-state index is 11.9. The second kappa shape index (κ2) is 11.2. The van der Waals surface area contributed by atoms with Crippen molar-refractivity contribution < 1.29 is 23.0 Å². The van der Waals surface area contributed by atoms with E-state index in [1.54, 1.807) is 11.1 Å². The van der Waals surface area contributed by atoms with E-state index < -0.39 is 11.6 Å². The number of hydrogen-bond acceptors (Lipinski definition) is 6. The van der Waals surface area contributed by atoms with Crippen LogP contribution in [0.25, 0.3) is 0 Å². The minimum absolute atomic E-state index is 0.233. The largest absolute Gasteiger partial charge is 0.471 e. The summed E-state index contributed by atoms with van der Waals surface area (Å²) in [5.74, 6) is -0.821. The van der Waals surface area contributed by atoms with E-state index in [9.17, 15) is 8.78 Å². The molecule has 28 heavy (non-hydrogen) atoms. The van der Waals surface area contributed by atoms with Gasteiger partial charge in [0.05, 0.1) is 20.3 Å². The van der Waals surface area contributed by atoms with Gasteiger partial charge in [-0.25, -0.2) is 8.78 Å². The van der Waals surface area contributed by atoms with Gasteiger partial charge < -0.3 is 15.2 Å². The van der Waals surface area contributed by atoms with Crippen molar-refractivity contribution in [3.8, 4) is 0 Å². The molecule has 0 spiro atoms. The molecule has 2 unspecified atom stereocenters. The van der Waals surface area contributed by atoms with E-state index in [2.05, 4.69) is 21.6 Å². The molecule has 0 amide bonds. The predicted octanol–water partition coefficient (Wildman–Crippen LogP) is 1.41. The summed E-state index contributed by atoms with van der Waals surface area (Å²) in [4.78, 5) is 13.9. The Bertz CT molecular complexity index is 616. The summed E-state index contributed by atoms with van der Waals surface area (Å²) < 4.78 is 33.3. The third-order valence-corrected chi connectivity index (χ3v) is 4.84. The molecular weight excluding hydrogens is 368 g/mol. The number of ether oxygens (including phenoxy) is 2. The topological polar surface area (TPSA) is 68.0 Å². The summed E-state index contributed by atoms with van der Waals surface area (Å²) >= 11 is 0. The Morgan fingerprint density at radius 3 is 2.00 bits per heavy atom. The Labute approximate surface area is 164 Å². The SMILES string of the molecule is CN1CC2=C(C1)CN(C1COCC(N)C1)C2.COC=O.Fc1ccc(F)cc1. The van der Waals surface area contributed by atoms with Crippen LogP contribution >= 0.6 is 0 Å². The first-order valence-electron chi connectivity index (χ1n) is 9.26. The van der Waals surface area contributed by atoms with Crippen LogP contribution in [0.5, 0.6) is 0 Å². The molecule has 0 saturated carbocycles. The Morgan fingerprint density at radius 2 is 1.57 bits per heavy atom. The Balaban J connectivity index is 0.000000196. The van der Waals surface area contributed by atoms with E-state index in [1.807, 2.05) is 0 Å². The predicted molar refractivity (Wildman–Crippen MR) is 103 cm³/mol. The van der Waals surface area contributed by atoms with Crippen molar-refractivity contribution in [1.82, 2.24) is 9.80 Å². The zero-order valence-electron chi connectivity index (χ0n) is 16.4. The van der Waals surface area contributed by atoms with Gasteiger partial charge in [0.15, 0.2) is 0 Å². The van der Waals surface area contributed by atoms with Crippen LogP contribution in [0.2, 0.25) is 0 Å². The summed E-state index contributed by atoms with van der Waals surface area (Å²) in [6, 6.07) is 5.09. The molecular formula is C20H29F2N3O3. The number of rotatable bonds is 2. The van der Waals surface area contributed by atoms with Crippen molar-refractivity contribution >= 4 is 6.47 Å². The second-order valence-corrected chi connectivity index (χ2v) is 7.24. The number of likely N-dealkylation sites (N-methyl/N-ethyl adjacent to an activating group) is 1. The van der Waals surface area contributed by atoms with E-state index in [0.29, 0.717) is 12.5 Å². The second-order valence-electron chi connectivity index (χ2n) is 7.24. The molecule has 1 aromatic rings. The smallest absolute Gasteiger partial charge is 0.292 e. The van der Waals surface area contributed by atoms with Gasteiger partial charge in [0, 0.05) is 38.3 Å². The number of halogens is 2. The number of methoxy groups -OCH3 is 1. The summed E-state index contributed by atoms with van der Waals surface area (Å²) in [6.07, 6.45) is 1.09. The summed E-state index contributed by atoms with van der Waals surface area (Å²) in [6.45, 7) is 6.57. The molecule has 8 heteroatoms. The fourth-order valence-electron chi connectivity index (χ4n) is 3.58. The van der Waals surface area contributed by atoms with Gasteiger partial charge in [-0.3, -0.25) is 14.6 Å². The van der Waals surface area contributed by atoms with Gasteiger partial charge in [-0.2, -0.15) is 0 Å². The van der Waals surface area contributed by atoms with Crippen molar-refractivity contribution in [2.24, 2.45) is 5.73 Å². The highest BCUT2D eigenvalue weighted by atomic mass is 19.1. The van der Waals surface area contributed by atoms with E-state index >= 15 is 0 Å². The molecule has 0 bridgehead atoms. The first kappa shape index (κ1) is 22.4. The normalized spacial score (nSPS) is 24.6. The van der Waals surface area contributed by atoms with Gasteiger partial charge in [-0.15, -0.1) is 0 Å². The number of nitrogens with two attached hydrogens (primary N) is 1. The third-order valence-electron chi connectivity index (χ3n) is 4.84. The summed E-state index contributed by atoms with van der Waals surface area (Å²) in [5, 5.41) is 0. The highest BCUT2D eigenvalue weighted by molar-refractivity contribution is 5.36. The van der Waals surface area contributed by atoms with Crippen molar-refractivity contribution in [3.63, 3.8) is 0 Å². The van der Waals surface area contributed by atoms with Crippen LogP contribution < -0.4 is 5.73 Å². The molecule has 2 N–H and O–H groups in total. The fraction of sp³-hybridized carbons (Fsp3) is 0.550. The van der Waals surface area contributed by atoms with Gasteiger partial charge in [0.25, 0.3) is 6.47 Å². The van der Waals surface area contributed by atoms with Crippen molar-refractivity contribution in [1.29, 1.82) is 0 Å². The van der Waals surface area contributed by atoms with Crippen LogP contribution in [0.3, 0.4) is 0 Å². The molecule has 1 fully saturated rings. The molecule has 3 aliphatic rings. The van der Waals surface area contributed by atoms with Crippen molar-refractivity contribution in [2.75, 3.05) is 53.6 Å². The van der Waals surface area contributed by atoms with E-state index in [4.69, 9.17) is 15.3 Å². The van der Waals surface area contributed by atoms with Crippen LogP contribution in [0.1, 0.15) is 6.42 Å². The molecule has 3 aliphatic heterocycles. The molecule has 0 aliphatic carbocycles. The van der Waals surface area contributed by atoms with Crippen molar-refractivity contribution in [3.05, 3.63) is 47.0 Å². The maximum Gasteiger partial charge on any atom is 0.292 e. The fourth-order valence-corrected chi connectivity index (χ4v) is 3.58. The molecule has 3 heterocycles. The first-order valence-corrected chi connectivity index (χ1v) is 9.26. The Kier molecular flexibility index (Phi) is 8.98. The number of benzene rings is 1. The highest BCUT2D eigenvalue weighted by Gasteiger charge is 2.33. The van der Waals surface area contributed by atoms with Crippen LogP contribution in [-0.2, 0) is 14.3 Å². The van der Waals surface area contributed by atoms with Crippen LogP contribution in [0.4, 0.5) is 8.78 Å². The first-order chi connectivity index (χ1) is 13.4. The van der Waals surface area contributed by atoms with Crippen LogP contribution in [-0.4, -0.2) is 81.9 Å². The molecule has 156 valence electrons. The average Bonchev–Trinajstić information content (AvgIpc) is 3.22. The Morgan fingerprint density at radius 1 is 1.07 bits per heavy atom. The van der Waals surface area contributed by atoms with Gasteiger partial charge in [0.1, 0.15) is 11.6 Å². The lowest BCUT2D eigenvalue weighted by atomic mass is 10.1. The lowest BCUT2D eigenvalue weighted by Crippen LogP contribution is -2.48. The standard InChI is InChI=1S/C12H21N3O.C6H4F2.C2H4O2/c1-14-3-9-5-15(6-10(9)4-14)12-2-11(13)7-16-8-12;7-5-1-2-6(8)4-3-5;1-4-2-3/h11-12H,2-8,13H2,1H3;1-4H;2H,1H3. The Hall–Kier alpha value is -1.87. The van der Waals surface area contributed by atoms with Crippen LogP contribution in [0.15, 0.2) is 35.4 Å². The monoisotopic (exact) mass is 397 g/mol. The number of carbonyl (C=O) groups excluding carboxylic acids is 1. The molecule has 1 aromatic carbocycles. The van der Waals surface area contributed by atoms with Gasteiger partial charge in [-0.1, -0.05) is 0 Å². The zero-order valence-corrected chi connectivity index (χ0v) is 16.4. The lowest BCUT2D eigenvalue weighted by Gasteiger charge is -2.34. The number of carbonyl (C=O) groups is 1. The quantitative estimate of drug-likeness (QED) is 0.601. The summed E-state index contributed by atoms with van der Waals surface area (Å²) in [5.41, 5.74) is 9.24. The van der Waals surface area contributed by atoms with Gasteiger partial charge in [0.2, 0.25) is 0 Å². The molecule has 2 atom stereocenters. The van der Waals surface area contributed by atoms with E-state index in [0.717, 1.165) is 70.1 Å². The molecule has 0 aromatic heterocycles. The van der Waals surface area contributed by atoms with Gasteiger partial charge >= 0.3 is 0 Å². The minimum Gasteiger partial charge on any atom is -0.471 e. The van der Waals surface area contributed by atoms with Crippen LogP contribution in [0, 0.1) is 11.6 Å². The number of nitrogens with zero attached hydrogens (tertiary/aromatic N) is 2. The lowest BCUT2D eigenvalue weighted by molar-refractivity contribution is -0.126. The van der Waals surface area contributed by atoms with Gasteiger partial charge in [-0.05, 0) is 48.9 Å². The summed E-state index contributed by atoms with van der Waals surface area (Å²) in [7, 11) is 3.51. The minimum atomic E-state index is -0.411. The third kappa shape index (κ3) is 6.94. The van der Waals surface area contributed by atoms with E-state index in [1.165, 1.54) is 7.11 Å².